The minimum Gasteiger partial charge on any atom is -0.382 e. The van der Waals surface area contributed by atoms with Gasteiger partial charge in [-0.05, 0) is 25.8 Å². The van der Waals surface area contributed by atoms with Gasteiger partial charge in [0.1, 0.15) is 10.7 Å². The lowest BCUT2D eigenvalue weighted by Crippen LogP contribution is -2.25. The van der Waals surface area contributed by atoms with Crippen LogP contribution in [0.15, 0.2) is 12.4 Å². The molecule has 4 N–H and O–H groups in total. The molecule has 0 aliphatic carbocycles. The molecule has 1 amide bonds. The van der Waals surface area contributed by atoms with Crippen LogP contribution in [0.5, 0.6) is 0 Å². The van der Waals surface area contributed by atoms with Crippen LogP contribution in [0.25, 0.3) is 0 Å². The fraction of sp³-hybridized carbons (Fsp3) is 0.462. The molecule has 7 nitrogen and oxygen atoms in total. The van der Waals surface area contributed by atoms with Crippen molar-refractivity contribution in [1.29, 1.82) is 0 Å². The smallest absolute Gasteiger partial charge is 0.265 e. The van der Waals surface area contributed by atoms with Crippen molar-refractivity contribution >= 4 is 28.2 Å². The summed E-state index contributed by atoms with van der Waals surface area (Å²) in [5.41, 5.74) is 6.87. The molecule has 2 aromatic heterocycles. The van der Waals surface area contributed by atoms with E-state index in [0.29, 0.717) is 16.6 Å². The zero-order valence-electron chi connectivity index (χ0n) is 12.4. The summed E-state index contributed by atoms with van der Waals surface area (Å²) in [6, 6.07) is 0.247. The molecule has 0 aromatic carbocycles. The van der Waals surface area contributed by atoms with Crippen molar-refractivity contribution in [3.8, 4) is 0 Å². The number of carbonyl (C=O) groups excluding carboxylic acids is 1. The van der Waals surface area contributed by atoms with Crippen molar-refractivity contribution in [1.82, 2.24) is 20.1 Å². The molecule has 0 spiro atoms. The first-order chi connectivity index (χ1) is 9.95. The minimum atomic E-state index is -0.189. The van der Waals surface area contributed by atoms with Crippen molar-refractivity contribution in [3.63, 3.8) is 0 Å². The molecule has 0 radical (unpaired) electrons. The maximum absolute atomic E-state index is 12.1. The van der Waals surface area contributed by atoms with Gasteiger partial charge in [0.05, 0.1) is 6.20 Å². The van der Waals surface area contributed by atoms with E-state index in [1.165, 1.54) is 11.3 Å². The SMILES string of the molecule is CC(C)Nc1nc(N)c(C(=O)NCCc2cnn(C)c2)s1. The number of nitrogens with two attached hydrogens (primary N) is 1. The quantitative estimate of drug-likeness (QED) is 0.746. The highest BCUT2D eigenvalue weighted by atomic mass is 32.1. The summed E-state index contributed by atoms with van der Waals surface area (Å²) in [5, 5.41) is 10.7. The molecule has 0 saturated heterocycles. The van der Waals surface area contributed by atoms with Crippen LogP contribution in [0.2, 0.25) is 0 Å². The second-order valence-electron chi connectivity index (χ2n) is 5.06. The molecule has 0 atom stereocenters. The Balaban J connectivity index is 1.89. The fourth-order valence-electron chi connectivity index (χ4n) is 1.80. The van der Waals surface area contributed by atoms with E-state index >= 15 is 0 Å². The number of aromatic nitrogens is 3. The van der Waals surface area contributed by atoms with E-state index in [9.17, 15) is 4.79 Å². The van der Waals surface area contributed by atoms with Crippen LogP contribution >= 0.6 is 11.3 Å². The Hall–Kier alpha value is -2.09. The normalized spacial score (nSPS) is 10.9. The largest absolute Gasteiger partial charge is 0.382 e. The van der Waals surface area contributed by atoms with Crippen molar-refractivity contribution in [3.05, 3.63) is 22.8 Å². The van der Waals surface area contributed by atoms with E-state index in [4.69, 9.17) is 5.73 Å². The zero-order chi connectivity index (χ0) is 15.4. The number of thiazole rings is 1. The highest BCUT2D eigenvalue weighted by Gasteiger charge is 2.16. The molecule has 21 heavy (non-hydrogen) atoms. The predicted octanol–water partition coefficient (Wildman–Crippen LogP) is 1.25. The second-order valence-corrected chi connectivity index (χ2v) is 6.06. The van der Waals surface area contributed by atoms with Crippen LogP contribution in [0.4, 0.5) is 10.9 Å². The predicted molar refractivity (Wildman–Crippen MR) is 84.5 cm³/mol. The number of nitrogens with one attached hydrogen (secondary N) is 2. The summed E-state index contributed by atoms with van der Waals surface area (Å²) in [7, 11) is 1.86. The maximum atomic E-state index is 12.1. The van der Waals surface area contributed by atoms with Crippen LogP contribution < -0.4 is 16.4 Å². The van der Waals surface area contributed by atoms with Gasteiger partial charge < -0.3 is 16.4 Å². The Bertz CT molecular complexity index is 618. The molecule has 0 unspecified atom stereocenters. The monoisotopic (exact) mass is 308 g/mol. The number of hydrogen-bond acceptors (Lipinski definition) is 6. The number of anilines is 2. The van der Waals surface area contributed by atoms with E-state index in [-0.39, 0.29) is 17.8 Å². The van der Waals surface area contributed by atoms with E-state index in [2.05, 4.69) is 20.7 Å². The highest BCUT2D eigenvalue weighted by molar-refractivity contribution is 7.18. The van der Waals surface area contributed by atoms with Gasteiger partial charge in [-0.15, -0.1) is 0 Å². The Labute approximate surface area is 127 Å². The lowest BCUT2D eigenvalue weighted by Gasteiger charge is -2.04. The van der Waals surface area contributed by atoms with Gasteiger partial charge >= 0.3 is 0 Å². The maximum Gasteiger partial charge on any atom is 0.265 e. The molecule has 0 aliphatic rings. The Morgan fingerprint density at radius 2 is 2.29 bits per heavy atom. The number of aryl methyl sites for hydroxylation is 1. The van der Waals surface area contributed by atoms with Gasteiger partial charge in [-0.1, -0.05) is 11.3 Å². The molecule has 8 heteroatoms. The molecule has 114 valence electrons. The van der Waals surface area contributed by atoms with E-state index in [1.807, 2.05) is 27.1 Å². The summed E-state index contributed by atoms with van der Waals surface area (Å²) in [5.74, 6) is 0.0766. The Morgan fingerprint density at radius 1 is 1.52 bits per heavy atom. The second kappa shape index (κ2) is 6.57. The third-order valence-electron chi connectivity index (χ3n) is 2.73. The molecule has 2 rings (SSSR count). The molecule has 2 aromatic rings. The van der Waals surface area contributed by atoms with E-state index < -0.39 is 0 Å². The number of amides is 1. The van der Waals surface area contributed by atoms with Crippen LogP contribution in [0.3, 0.4) is 0 Å². The van der Waals surface area contributed by atoms with E-state index in [1.54, 1.807) is 10.9 Å². The molecule has 0 fully saturated rings. The number of nitrogens with zero attached hydrogens (tertiary/aromatic N) is 3. The number of rotatable bonds is 6. The van der Waals surface area contributed by atoms with Crippen LogP contribution in [-0.4, -0.2) is 33.3 Å². The number of nitrogen functional groups attached to an aromatic ring is 1. The Kier molecular flexibility index (Phi) is 4.79. The molecular weight excluding hydrogens is 288 g/mol. The molecule has 2 heterocycles. The lowest BCUT2D eigenvalue weighted by molar-refractivity contribution is 0.0959. The minimum absolute atomic E-state index is 0.189. The van der Waals surface area contributed by atoms with Crippen molar-refractivity contribution in [2.75, 3.05) is 17.6 Å². The molecular formula is C13H20N6OS. The summed E-state index contributed by atoms with van der Waals surface area (Å²) < 4.78 is 1.74. The summed E-state index contributed by atoms with van der Waals surface area (Å²) in [6.45, 7) is 4.55. The highest BCUT2D eigenvalue weighted by Crippen LogP contribution is 2.25. The first kappa shape index (κ1) is 15.3. The number of carbonyl (C=O) groups is 1. The molecule has 0 aliphatic heterocycles. The van der Waals surface area contributed by atoms with E-state index in [0.717, 1.165) is 12.0 Å². The summed E-state index contributed by atoms with van der Waals surface area (Å²) in [4.78, 5) is 16.7. The number of hydrogen-bond donors (Lipinski definition) is 3. The fourth-order valence-corrected chi connectivity index (χ4v) is 2.75. The van der Waals surface area contributed by atoms with Crippen LogP contribution in [0.1, 0.15) is 29.1 Å². The standard InChI is InChI=1S/C13H20N6OS/c1-8(2)17-13-18-11(14)10(21-13)12(20)15-5-4-9-6-16-19(3)7-9/h6-8H,4-5,14H2,1-3H3,(H,15,20)(H,17,18). The van der Waals surface area contributed by atoms with Gasteiger partial charge in [-0.3, -0.25) is 9.48 Å². The van der Waals surface area contributed by atoms with Gasteiger partial charge in [-0.25, -0.2) is 4.98 Å². The third-order valence-corrected chi connectivity index (χ3v) is 3.73. The summed E-state index contributed by atoms with van der Waals surface area (Å²) >= 11 is 1.27. The lowest BCUT2D eigenvalue weighted by atomic mass is 10.2. The van der Waals surface area contributed by atoms with Gasteiger partial charge in [0, 0.05) is 25.8 Å². The van der Waals surface area contributed by atoms with Crippen molar-refractivity contribution < 1.29 is 4.79 Å². The van der Waals surface area contributed by atoms with Crippen LogP contribution in [0, 0.1) is 0 Å². The van der Waals surface area contributed by atoms with Crippen molar-refractivity contribution in [2.45, 2.75) is 26.3 Å². The average molecular weight is 308 g/mol. The Morgan fingerprint density at radius 3 is 2.90 bits per heavy atom. The average Bonchev–Trinajstić information content (AvgIpc) is 2.95. The van der Waals surface area contributed by atoms with Crippen molar-refractivity contribution in [2.24, 2.45) is 7.05 Å². The first-order valence-corrected chi connectivity index (χ1v) is 7.56. The van der Waals surface area contributed by atoms with Gasteiger partial charge in [0.25, 0.3) is 5.91 Å². The molecule has 0 saturated carbocycles. The van der Waals surface area contributed by atoms with Gasteiger partial charge in [0.15, 0.2) is 5.13 Å². The van der Waals surface area contributed by atoms with Gasteiger partial charge in [-0.2, -0.15) is 5.10 Å². The topological polar surface area (TPSA) is 97.9 Å². The summed E-state index contributed by atoms with van der Waals surface area (Å²) in [6.07, 6.45) is 4.45. The van der Waals surface area contributed by atoms with Gasteiger partial charge in [0.2, 0.25) is 0 Å². The third kappa shape index (κ3) is 4.19. The first-order valence-electron chi connectivity index (χ1n) is 6.74. The van der Waals surface area contributed by atoms with Crippen LogP contribution in [-0.2, 0) is 13.5 Å². The zero-order valence-corrected chi connectivity index (χ0v) is 13.2. The molecule has 0 bridgehead atoms.